The van der Waals surface area contributed by atoms with E-state index in [0.29, 0.717) is 12.1 Å². The number of carbonyl (C=O) groups is 2. The van der Waals surface area contributed by atoms with Crippen molar-refractivity contribution in [3.63, 3.8) is 0 Å². The number of amides is 1. The van der Waals surface area contributed by atoms with Crippen LogP contribution in [-0.2, 0) is 17.9 Å². The molecule has 5 nitrogen and oxygen atoms in total. The van der Waals surface area contributed by atoms with Crippen LogP contribution in [0.5, 0.6) is 0 Å². The van der Waals surface area contributed by atoms with Gasteiger partial charge in [-0.3, -0.25) is 9.59 Å². The van der Waals surface area contributed by atoms with Crippen LogP contribution in [0.15, 0.2) is 18.2 Å². The van der Waals surface area contributed by atoms with Crippen LogP contribution in [0, 0.1) is 5.92 Å². The van der Waals surface area contributed by atoms with Gasteiger partial charge in [0.1, 0.15) is 6.54 Å². The van der Waals surface area contributed by atoms with Gasteiger partial charge >= 0.3 is 5.97 Å². The molecule has 2 N–H and O–H groups in total. The molecule has 5 heteroatoms. The van der Waals surface area contributed by atoms with E-state index >= 15 is 0 Å². The molecule has 0 saturated heterocycles. The standard InChI is InChI=1S/C15H20N2O3/c1-10(2)8-17(9-14(18)19)15(20)11-3-4-12-6-16-7-13(12)5-11/h3-5,10,16H,6-9H2,1-2H3,(H,18,19). The van der Waals surface area contributed by atoms with Gasteiger partial charge < -0.3 is 15.3 Å². The highest BCUT2D eigenvalue weighted by Gasteiger charge is 2.21. The predicted molar refractivity (Wildman–Crippen MR) is 75.4 cm³/mol. The van der Waals surface area contributed by atoms with Crippen molar-refractivity contribution in [3.05, 3.63) is 34.9 Å². The fraction of sp³-hybridized carbons (Fsp3) is 0.467. The summed E-state index contributed by atoms with van der Waals surface area (Å²) in [6, 6.07) is 5.59. The van der Waals surface area contributed by atoms with Crippen LogP contribution in [0.1, 0.15) is 35.3 Å². The van der Waals surface area contributed by atoms with Gasteiger partial charge in [-0.2, -0.15) is 0 Å². The van der Waals surface area contributed by atoms with E-state index in [1.54, 1.807) is 6.07 Å². The van der Waals surface area contributed by atoms with Gasteiger partial charge in [0.15, 0.2) is 0 Å². The molecule has 20 heavy (non-hydrogen) atoms. The summed E-state index contributed by atoms with van der Waals surface area (Å²) >= 11 is 0. The minimum atomic E-state index is -0.984. The molecule has 2 rings (SSSR count). The molecule has 1 aliphatic rings. The predicted octanol–water partition coefficient (Wildman–Crippen LogP) is 1.47. The summed E-state index contributed by atoms with van der Waals surface area (Å²) in [5, 5.41) is 12.2. The molecule has 0 fully saturated rings. The van der Waals surface area contributed by atoms with Crippen LogP contribution in [0.2, 0.25) is 0 Å². The monoisotopic (exact) mass is 276 g/mol. The third-order valence-corrected chi connectivity index (χ3v) is 3.28. The number of carboxylic acids is 1. The molecular formula is C15H20N2O3. The van der Waals surface area contributed by atoms with Crippen molar-refractivity contribution < 1.29 is 14.7 Å². The normalized spacial score (nSPS) is 13.3. The van der Waals surface area contributed by atoms with Crippen molar-refractivity contribution in [1.29, 1.82) is 0 Å². The number of fused-ring (bicyclic) bond motifs is 1. The molecule has 0 unspecified atom stereocenters. The van der Waals surface area contributed by atoms with E-state index in [4.69, 9.17) is 5.11 Å². The van der Waals surface area contributed by atoms with E-state index in [9.17, 15) is 9.59 Å². The topological polar surface area (TPSA) is 69.6 Å². The Kier molecular flexibility index (Phi) is 4.39. The number of carbonyl (C=O) groups excluding carboxylic acids is 1. The number of hydrogen-bond acceptors (Lipinski definition) is 3. The average molecular weight is 276 g/mol. The van der Waals surface area contributed by atoms with Crippen LogP contribution >= 0.6 is 0 Å². The first-order chi connectivity index (χ1) is 9.47. The number of rotatable bonds is 5. The molecule has 1 amide bonds. The molecule has 108 valence electrons. The Morgan fingerprint density at radius 2 is 2.00 bits per heavy atom. The zero-order chi connectivity index (χ0) is 14.7. The largest absolute Gasteiger partial charge is 0.480 e. The Bertz CT molecular complexity index is 526. The molecule has 0 aromatic heterocycles. The summed E-state index contributed by atoms with van der Waals surface area (Å²) in [7, 11) is 0. The second kappa shape index (κ2) is 6.05. The lowest BCUT2D eigenvalue weighted by Gasteiger charge is -2.23. The minimum absolute atomic E-state index is 0.212. The van der Waals surface area contributed by atoms with Gasteiger partial charge in [-0.05, 0) is 29.2 Å². The molecule has 0 spiro atoms. The number of nitrogens with zero attached hydrogens (tertiary/aromatic N) is 1. The Morgan fingerprint density at radius 1 is 1.30 bits per heavy atom. The first-order valence-electron chi connectivity index (χ1n) is 6.81. The van der Waals surface area contributed by atoms with E-state index in [-0.39, 0.29) is 18.4 Å². The van der Waals surface area contributed by atoms with E-state index in [0.717, 1.165) is 18.7 Å². The minimum Gasteiger partial charge on any atom is -0.480 e. The third kappa shape index (κ3) is 3.36. The van der Waals surface area contributed by atoms with Gasteiger partial charge in [-0.15, -0.1) is 0 Å². The second-order valence-corrected chi connectivity index (χ2v) is 5.56. The highest BCUT2D eigenvalue weighted by Crippen LogP contribution is 2.18. The lowest BCUT2D eigenvalue weighted by atomic mass is 10.0. The van der Waals surface area contributed by atoms with E-state index < -0.39 is 5.97 Å². The SMILES string of the molecule is CC(C)CN(CC(=O)O)C(=O)c1ccc2c(c1)CNC2. The van der Waals surface area contributed by atoms with Crippen LogP contribution in [0.25, 0.3) is 0 Å². The molecule has 0 radical (unpaired) electrons. The summed E-state index contributed by atoms with van der Waals surface area (Å²) in [6.07, 6.45) is 0. The smallest absolute Gasteiger partial charge is 0.323 e. The summed E-state index contributed by atoms with van der Waals surface area (Å²) < 4.78 is 0. The molecule has 0 saturated carbocycles. The van der Waals surface area contributed by atoms with Crippen LogP contribution < -0.4 is 5.32 Å². The molecule has 1 heterocycles. The second-order valence-electron chi connectivity index (χ2n) is 5.56. The maximum Gasteiger partial charge on any atom is 0.323 e. The number of nitrogens with one attached hydrogen (secondary N) is 1. The average Bonchev–Trinajstić information content (AvgIpc) is 2.83. The highest BCUT2D eigenvalue weighted by atomic mass is 16.4. The van der Waals surface area contributed by atoms with Crippen molar-refractivity contribution in [3.8, 4) is 0 Å². The van der Waals surface area contributed by atoms with Crippen molar-refractivity contribution in [1.82, 2.24) is 10.2 Å². The van der Waals surface area contributed by atoms with Crippen molar-refractivity contribution in [2.45, 2.75) is 26.9 Å². The van der Waals surface area contributed by atoms with Gasteiger partial charge in [0.25, 0.3) is 5.91 Å². The first kappa shape index (κ1) is 14.5. The van der Waals surface area contributed by atoms with E-state index in [2.05, 4.69) is 5.32 Å². The molecule has 0 atom stereocenters. The van der Waals surface area contributed by atoms with Crippen LogP contribution in [0.3, 0.4) is 0 Å². The number of carboxylic acid groups (broad SMARTS) is 1. The first-order valence-corrected chi connectivity index (χ1v) is 6.81. The van der Waals surface area contributed by atoms with Crippen molar-refractivity contribution in [2.24, 2.45) is 5.92 Å². The summed E-state index contributed by atoms with van der Waals surface area (Å²) in [5.41, 5.74) is 2.89. The number of hydrogen-bond donors (Lipinski definition) is 2. The van der Waals surface area contributed by atoms with Crippen molar-refractivity contribution >= 4 is 11.9 Å². The summed E-state index contributed by atoms with van der Waals surface area (Å²) in [5.74, 6) is -0.966. The van der Waals surface area contributed by atoms with Crippen LogP contribution in [0.4, 0.5) is 0 Å². The Hall–Kier alpha value is -1.88. The van der Waals surface area contributed by atoms with Gasteiger partial charge in [0.2, 0.25) is 0 Å². The van der Waals surface area contributed by atoms with Gasteiger partial charge in [0.05, 0.1) is 0 Å². The molecular weight excluding hydrogens is 256 g/mol. The Morgan fingerprint density at radius 3 is 2.65 bits per heavy atom. The molecule has 0 aliphatic carbocycles. The molecule has 1 aromatic rings. The van der Waals surface area contributed by atoms with Crippen molar-refractivity contribution in [2.75, 3.05) is 13.1 Å². The lowest BCUT2D eigenvalue weighted by Crippen LogP contribution is -2.38. The van der Waals surface area contributed by atoms with Crippen LogP contribution in [-0.4, -0.2) is 35.0 Å². The lowest BCUT2D eigenvalue weighted by molar-refractivity contribution is -0.137. The quantitative estimate of drug-likeness (QED) is 0.854. The molecule has 1 aliphatic heterocycles. The Labute approximate surface area is 118 Å². The zero-order valence-electron chi connectivity index (χ0n) is 11.8. The number of aliphatic carboxylic acids is 1. The zero-order valence-corrected chi connectivity index (χ0v) is 11.8. The third-order valence-electron chi connectivity index (χ3n) is 3.28. The maximum absolute atomic E-state index is 12.5. The van der Waals surface area contributed by atoms with Gasteiger partial charge in [-0.1, -0.05) is 19.9 Å². The fourth-order valence-corrected chi connectivity index (χ4v) is 2.43. The van der Waals surface area contributed by atoms with Gasteiger partial charge in [0, 0.05) is 25.2 Å². The summed E-state index contributed by atoms with van der Waals surface area (Å²) in [4.78, 5) is 24.8. The Balaban J connectivity index is 2.20. The summed E-state index contributed by atoms with van der Waals surface area (Å²) in [6.45, 7) is 5.71. The fourth-order valence-electron chi connectivity index (χ4n) is 2.43. The maximum atomic E-state index is 12.5. The van der Waals surface area contributed by atoms with E-state index in [1.165, 1.54) is 10.5 Å². The molecule has 1 aromatic carbocycles. The number of benzene rings is 1. The van der Waals surface area contributed by atoms with Gasteiger partial charge in [-0.25, -0.2) is 0 Å². The molecule has 0 bridgehead atoms. The van der Waals surface area contributed by atoms with E-state index in [1.807, 2.05) is 26.0 Å². The highest BCUT2D eigenvalue weighted by molar-refractivity contribution is 5.96.